The van der Waals surface area contributed by atoms with Crippen molar-refractivity contribution in [1.29, 1.82) is 0 Å². The van der Waals surface area contributed by atoms with Gasteiger partial charge in [0.1, 0.15) is 0 Å². The van der Waals surface area contributed by atoms with Gasteiger partial charge >= 0.3 is 12.1 Å². The first-order valence-electron chi connectivity index (χ1n) is 9.70. The molecule has 5 rings (SSSR count). The van der Waals surface area contributed by atoms with Gasteiger partial charge in [0.25, 0.3) is 0 Å². The van der Waals surface area contributed by atoms with Crippen LogP contribution in [0.1, 0.15) is 29.5 Å². The molecule has 28 heavy (non-hydrogen) atoms. The number of thiazole rings is 1. The number of likely N-dealkylation sites (N-methyl/N-ethyl adjacent to an activating group) is 1. The number of likely N-dealkylation sites (tertiary alicyclic amines) is 1. The lowest BCUT2D eigenvalue weighted by atomic mass is 10.0. The molecule has 10 heteroatoms. The van der Waals surface area contributed by atoms with Crippen molar-refractivity contribution in [1.82, 2.24) is 24.6 Å². The molecule has 2 fully saturated rings. The predicted octanol–water partition coefficient (Wildman–Crippen LogP) is 2.18. The molecule has 0 aromatic carbocycles. The van der Waals surface area contributed by atoms with E-state index in [4.69, 9.17) is 0 Å². The standard InChI is InChI=1S/C18H23N7O2S/c1-22-6-7-24(18(22)27)12-8-19-25(11-12)13-9-23(10-13)17(26)21-16-20-14-4-2-3-5-15(14)28-16/h8,11,13H,2-7,9-10H2,1H3,(H,20,21,26). The van der Waals surface area contributed by atoms with Crippen LogP contribution in [0.4, 0.5) is 20.4 Å². The van der Waals surface area contributed by atoms with Crippen molar-refractivity contribution < 1.29 is 9.59 Å². The van der Waals surface area contributed by atoms with Crippen molar-refractivity contribution in [3.05, 3.63) is 23.0 Å². The number of carbonyl (C=O) groups is 2. The minimum Gasteiger partial charge on any atom is -0.326 e. The highest BCUT2D eigenvalue weighted by Crippen LogP contribution is 2.30. The number of nitrogens with one attached hydrogen (secondary N) is 1. The van der Waals surface area contributed by atoms with E-state index in [1.54, 1.807) is 39.3 Å². The fourth-order valence-corrected chi connectivity index (χ4v) is 4.96. The molecule has 0 radical (unpaired) electrons. The predicted molar refractivity (Wildman–Crippen MR) is 106 cm³/mol. The van der Waals surface area contributed by atoms with Gasteiger partial charge in [0.2, 0.25) is 0 Å². The molecule has 0 atom stereocenters. The number of nitrogens with zero attached hydrogens (tertiary/aromatic N) is 6. The number of aryl methyl sites for hydroxylation is 2. The number of anilines is 2. The van der Waals surface area contributed by atoms with E-state index in [1.807, 2.05) is 10.9 Å². The molecular formula is C18H23N7O2S. The van der Waals surface area contributed by atoms with Gasteiger partial charge in [-0.1, -0.05) is 0 Å². The minimum atomic E-state index is -0.105. The average molecular weight is 401 g/mol. The normalized spacial score (nSPS) is 19.8. The van der Waals surface area contributed by atoms with Gasteiger partial charge in [-0.15, -0.1) is 11.3 Å². The number of carbonyl (C=O) groups excluding carboxylic acids is 2. The smallest absolute Gasteiger partial charge is 0.324 e. The Morgan fingerprint density at radius 2 is 2.07 bits per heavy atom. The van der Waals surface area contributed by atoms with Gasteiger partial charge in [-0.05, 0) is 25.7 Å². The fourth-order valence-electron chi connectivity index (χ4n) is 3.92. The molecule has 0 unspecified atom stereocenters. The maximum atomic E-state index is 12.5. The van der Waals surface area contributed by atoms with Crippen LogP contribution in [0.3, 0.4) is 0 Å². The summed E-state index contributed by atoms with van der Waals surface area (Å²) in [6.45, 7) is 2.61. The van der Waals surface area contributed by atoms with E-state index < -0.39 is 0 Å². The highest BCUT2D eigenvalue weighted by molar-refractivity contribution is 7.15. The summed E-state index contributed by atoms with van der Waals surface area (Å²) in [6.07, 6.45) is 8.10. The Bertz CT molecular complexity index is 893. The van der Waals surface area contributed by atoms with Crippen molar-refractivity contribution in [2.24, 2.45) is 0 Å². The zero-order chi connectivity index (χ0) is 19.3. The molecule has 3 aliphatic rings. The molecule has 2 aliphatic heterocycles. The molecule has 0 bridgehead atoms. The van der Waals surface area contributed by atoms with Crippen molar-refractivity contribution >= 4 is 34.2 Å². The zero-order valence-electron chi connectivity index (χ0n) is 15.8. The Kier molecular flexibility index (Phi) is 4.22. The van der Waals surface area contributed by atoms with E-state index in [0.29, 0.717) is 24.8 Å². The van der Waals surface area contributed by atoms with Crippen LogP contribution in [0.2, 0.25) is 0 Å². The zero-order valence-corrected chi connectivity index (χ0v) is 16.6. The SMILES string of the molecule is CN1CCN(c2cnn(C3CN(C(=O)Nc4nc5c(s4)CCCC5)C3)c2)C1=O. The van der Waals surface area contributed by atoms with E-state index in [1.165, 1.54) is 17.7 Å². The number of fused-ring (bicyclic) bond motifs is 1. The average Bonchev–Trinajstić information content (AvgIpc) is 3.33. The molecule has 9 nitrogen and oxygen atoms in total. The molecule has 2 saturated heterocycles. The summed E-state index contributed by atoms with van der Waals surface area (Å²) in [6, 6.07) is 0.0332. The van der Waals surface area contributed by atoms with E-state index in [-0.39, 0.29) is 18.1 Å². The van der Waals surface area contributed by atoms with Crippen LogP contribution in [0.25, 0.3) is 0 Å². The number of amides is 4. The summed E-state index contributed by atoms with van der Waals surface area (Å²) in [7, 11) is 1.80. The molecule has 0 saturated carbocycles. The summed E-state index contributed by atoms with van der Waals surface area (Å²) < 4.78 is 1.85. The van der Waals surface area contributed by atoms with Gasteiger partial charge in [-0.25, -0.2) is 14.6 Å². The van der Waals surface area contributed by atoms with Crippen molar-refractivity contribution in [3.63, 3.8) is 0 Å². The van der Waals surface area contributed by atoms with Crippen molar-refractivity contribution in [2.45, 2.75) is 31.7 Å². The maximum Gasteiger partial charge on any atom is 0.324 e. The molecule has 4 amide bonds. The van der Waals surface area contributed by atoms with Gasteiger partial charge in [0.15, 0.2) is 5.13 Å². The second-order valence-electron chi connectivity index (χ2n) is 7.62. The van der Waals surface area contributed by atoms with Crippen LogP contribution >= 0.6 is 11.3 Å². The Labute approximate surface area is 166 Å². The molecule has 1 aliphatic carbocycles. The fraction of sp³-hybridized carbons (Fsp3) is 0.556. The Morgan fingerprint density at radius 3 is 2.82 bits per heavy atom. The number of hydrogen-bond acceptors (Lipinski definition) is 5. The molecule has 148 valence electrons. The lowest BCUT2D eigenvalue weighted by Gasteiger charge is -2.38. The topological polar surface area (TPSA) is 86.6 Å². The molecule has 1 N–H and O–H groups in total. The van der Waals surface area contributed by atoms with Crippen LogP contribution in [0.15, 0.2) is 12.4 Å². The lowest BCUT2D eigenvalue weighted by molar-refractivity contribution is 0.128. The minimum absolute atomic E-state index is 0.000286. The highest BCUT2D eigenvalue weighted by atomic mass is 32.1. The van der Waals surface area contributed by atoms with E-state index in [2.05, 4.69) is 15.4 Å². The quantitative estimate of drug-likeness (QED) is 0.854. The second kappa shape index (κ2) is 6.77. The van der Waals surface area contributed by atoms with Gasteiger partial charge in [-0.2, -0.15) is 5.10 Å². The van der Waals surface area contributed by atoms with Gasteiger partial charge in [-0.3, -0.25) is 14.9 Å². The molecule has 4 heterocycles. The third-order valence-electron chi connectivity index (χ3n) is 5.70. The molecular weight excluding hydrogens is 378 g/mol. The summed E-state index contributed by atoms with van der Waals surface area (Å²) in [5, 5.41) is 8.05. The van der Waals surface area contributed by atoms with Crippen LogP contribution in [-0.2, 0) is 12.8 Å². The number of rotatable bonds is 3. The Hall–Kier alpha value is -2.62. The second-order valence-corrected chi connectivity index (χ2v) is 8.70. The van der Waals surface area contributed by atoms with Crippen molar-refractivity contribution in [3.8, 4) is 0 Å². The molecule has 0 spiro atoms. The molecule has 2 aromatic heterocycles. The summed E-state index contributed by atoms with van der Waals surface area (Å²) in [5.74, 6) is 0. The third kappa shape index (κ3) is 3.01. The number of hydrogen-bond donors (Lipinski definition) is 1. The van der Waals surface area contributed by atoms with E-state index >= 15 is 0 Å². The monoisotopic (exact) mass is 401 g/mol. The summed E-state index contributed by atoms with van der Waals surface area (Å²) in [4.78, 5) is 35.7. The summed E-state index contributed by atoms with van der Waals surface area (Å²) in [5.41, 5.74) is 1.96. The van der Waals surface area contributed by atoms with Gasteiger partial charge in [0, 0.05) is 44.3 Å². The maximum absolute atomic E-state index is 12.5. The van der Waals surface area contributed by atoms with Crippen LogP contribution < -0.4 is 10.2 Å². The van der Waals surface area contributed by atoms with Gasteiger partial charge in [0.05, 0.1) is 23.6 Å². The van der Waals surface area contributed by atoms with Crippen LogP contribution in [-0.4, -0.2) is 69.9 Å². The Balaban J connectivity index is 1.17. The number of urea groups is 2. The Morgan fingerprint density at radius 1 is 1.25 bits per heavy atom. The largest absolute Gasteiger partial charge is 0.326 e. The van der Waals surface area contributed by atoms with E-state index in [9.17, 15) is 9.59 Å². The first-order valence-corrected chi connectivity index (χ1v) is 10.5. The van der Waals surface area contributed by atoms with Crippen molar-refractivity contribution in [2.75, 3.05) is 43.4 Å². The van der Waals surface area contributed by atoms with E-state index in [0.717, 1.165) is 30.8 Å². The molecule has 2 aromatic rings. The first-order chi connectivity index (χ1) is 13.6. The first kappa shape index (κ1) is 17.5. The van der Waals surface area contributed by atoms with Crippen LogP contribution in [0, 0.1) is 0 Å². The lowest BCUT2D eigenvalue weighted by Crippen LogP contribution is -2.52. The third-order valence-corrected chi connectivity index (χ3v) is 6.77. The summed E-state index contributed by atoms with van der Waals surface area (Å²) >= 11 is 1.60. The highest BCUT2D eigenvalue weighted by Gasteiger charge is 2.34. The van der Waals surface area contributed by atoms with Crippen LogP contribution in [0.5, 0.6) is 0 Å². The van der Waals surface area contributed by atoms with Gasteiger partial charge < -0.3 is 9.80 Å². The number of aromatic nitrogens is 3.